The standard InChI is InChI=1S/C13H18ClFO/c1-3-4-5-6-13(16)10-7-9(2)12(15)8-11(10)14/h7-8,13,16H,3-6H2,1-2H3. The lowest BCUT2D eigenvalue weighted by Crippen LogP contribution is -2.00. The molecule has 0 aliphatic heterocycles. The van der Waals surface area contributed by atoms with E-state index >= 15 is 0 Å². The van der Waals surface area contributed by atoms with Crippen molar-refractivity contribution in [3.8, 4) is 0 Å². The molecule has 0 amide bonds. The summed E-state index contributed by atoms with van der Waals surface area (Å²) >= 11 is 5.91. The van der Waals surface area contributed by atoms with Crippen LogP contribution in [-0.4, -0.2) is 5.11 Å². The zero-order valence-electron chi connectivity index (χ0n) is 9.76. The first-order valence-electron chi connectivity index (χ1n) is 5.69. The Bertz CT molecular complexity index is 352. The highest BCUT2D eigenvalue weighted by atomic mass is 35.5. The van der Waals surface area contributed by atoms with Gasteiger partial charge < -0.3 is 5.11 Å². The van der Waals surface area contributed by atoms with Crippen molar-refractivity contribution in [2.75, 3.05) is 0 Å². The number of aryl methyl sites for hydroxylation is 1. The van der Waals surface area contributed by atoms with Crippen LogP contribution in [0, 0.1) is 12.7 Å². The summed E-state index contributed by atoms with van der Waals surface area (Å²) in [5.41, 5.74) is 1.16. The Morgan fingerprint density at radius 2 is 2.06 bits per heavy atom. The Balaban J connectivity index is 2.75. The van der Waals surface area contributed by atoms with E-state index in [2.05, 4.69) is 6.92 Å². The Hall–Kier alpha value is -0.600. The fourth-order valence-electron chi connectivity index (χ4n) is 1.68. The van der Waals surface area contributed by atoms with Gasteiger partial charge in [-0.2, -0.15) is 0 Å². The third-order valence-electron chi connectivity index (χ3n) is 2.72. The van der Waals surface area contributed by atoms with Crippen LogP contribution in [-0.2, 0) is 0 Å². The number of benzene rings is 1. The van der Waals surface area contributed by atoms with Crippen LogP contribution in [0.2, 0.25) is 5.02 Å². The highest BCUT2D eigenvalue weighted by Crippen LogP contribution is 2.29. The Morgan fingerprint density at radius 1 is 1.38 bits per heavy atom. The summed E-state index contributed by atoms with van der Waals surface area (Å²) in [6, 6.07) is 2.91. The Morgan fingerprint density at radius 3 is 2.69 bits per heavy atom. The number of aliphatic hydroxyl groups is 1. The van der Waals surface area contributed by atoms with Gasteiger partial charge >= 0.3 is 0 Å². The summed E-state index contributed by atoms with van der Waals surface area (Å²) in [6.07, 6.45) is 3.26. The number of unbranched alkanes of at least 4 members (excludes halogenated alkanes) is 2. The highest BCUT2D eigenvalue weighted by molar-refractivity contribution is 6.31. The van der Waals surface area contributed by atoms with Gasteiger partial charge in [-0.05, 0) is 36.6 Å². The lowest BCUT2D eigenvalue weighted by molar-refractivity contribution is 0.163. The molecule has 16 heavy (non-hydrogen) atoms. The van der Waals surface area contributed by atoms with Crippen molar-refractivity contribution in [2.24, 2.45) is 0 Å². The van der Waals surface area contributed by atoms with Gasteiger partial charge in [-0.3, -0.25) is 0 Å². The van der Waals surface area contributed by atoms with Gasteiger partial charge in [0.2, 0.25) is 0 Å². The second-order valence-electron chi connectivity index (χ2n) is 4.13. The molecule has 0 aliphatic carbocycles. The summed E-state index contributed by atoms with van der Waals surface area (Å²) in [4.78, 5) is 0. The van der Waals surface area contributed by atoms with Crippen LogP contribution in [0.1, 0.15) is 49.8 Å². The molecular formula is C13H18ClFO. The molecule has 1 N–H and O–H groups in total. The molecule has 0 heterocycles. The van der Waals surface area contributed by atoms with E-state index in [0.29, 0.717) is 22.6 Å². The van der Waals surface area contributed by atoms with Crippen molar-refractivity contribution in [2.45, 2.75) is 45.6 Å². The van der Waals surface area contributed by atoms with Crippen molar-refractivity contribution >= 4 is 11.6 Å². The van der Waals surface area contributed by atoms with Gasteiger partial charge in [-0.15, -0.1) is 0 Å². The van der Waals surface area contributed by atoms with E-state index in [0.717, 1.165) is 19.3 Å². The summed E-state index contributed by atoms with van der Waals surface area (Å²) in [5.74, 6) is -0.325. The van der Waals surface area contributed by atoms with Gasteiger partial charge in [0.1, 0.15) is 5.82 Å². The van der Waals surface area contributed by atoms with E-state index in [-0.39, 0.29) is 5.82 Å². The predicted octanol–water partition coefficient (Wildman–Crippen LogP) is 4.40. The van der Waals surface area contributed by atoms with Crippen LogP contribution in [0.15, 0.2) is 12.1 Å². The average molecular weight is 245 g/mol. The van der Waals surface area contributed by atoms with Gasteiger partial charge in [-0.25, -0.2) is 4.39 Å². The van der Waals surface area contributed by atoms with Crippen molar-refractivity contribution < 1.29 is 9.50 Å². The third-order valence-corrected chi connectivity index (χ3v) is 3.05. The molecule has 0 saturated carbocycles. The number of halogens is 2. The minimum atomic E-state index is -0.585. The SMILES string of the molecule is CCCCCC(O)c1cc(C)c(F)cc1Cl. The number of hydrogen-bond acceptors (Lipinski definition) is 1. The summed E-state index contributed by atoms with van der Waals surface area (Å²) < 4.78 is 13.2. The zero-order valence-corrected chi connectivity index (χ0v) is 10.5. The van der Waals surface area contributed by atoms with Crippen LogP contribution in [0.3, 0.4) is 0 Å². The first-order valence-corrected chi connectivity index (χ1v) is 6.07. The minimum absolute atomic E-state index is 0.312. The second-order valence-corrected chi connectivity index (χ2v) is 4.54. The molecule has 1 aromatic carbocycles. The lowest BCUT2D eigenvalue weighted by Gasteiger charge is -2.13. The summed E-state index contributed by atoms with van der Waals surface area (Å²) in [6.45, 7) is 3.79. The maximum Gasteiger partial charge on any atom is 0.127 e. The largest absolute Gasteiger partial charge is 0.388 e. The molecule has 0 radical (unpaired) electrons. The zero-order chi connectivity index (χ0) is 12.1. The molecular weight excluding hydrogens is 227 g/mol. The van der Waals surface area contributed by atoms with Crippen molar-refractivity contribution in [1.29, 1.82) is 0 Å². The fourth-order valence-corrected chi connectivity index (χ4v) is 1.95. The van der Waals surface area contributed by atoms with Crippen LogP contribution in [0.4, 0.5) is 4.39 Å². The summed E-state index contributed by atoms with van der Waals surface area (Å²) in [5, 5.41) is 10.2. The van der Waals surface area contributed by atoms with Gasteiger partial charge in [0.15, 0.2) is 0 Å². The first kappa shape index (κ1) is 13.5. The van der Waals surface area contributed by atoms with E-state index < -0.39 is 6.10 Å². The lowest BCUT2D eigenvalue weighted by atomic mass is 10.0. The molecule has 1 rings (SSSR count). The maximum atomic E-state index is 13.2. The normalized spacial score (nSPS) is 12.8. The molecule has 1 unspecified atom stereocenters. The summed E-state index contributed by atoms with van der Waals surface area (Å²) in [7, 11) is 0. The van der Waals surface area contributed by atoms with E-state index in [1.54, 1.807) is 13.0 Å². The molecule has 0 aromatic heterocycles. The van der Waals surface area contributed by atoms with Crippen molar-refractivity contribution in [1.82, 2.24) is 0 Å². The quantitative estimate of drug-likeness (QED) is 0.761. The minimum Gasteiger partial charge on any atom is -0.388 e. The highest BCUT2D eigenvalue weighted by Gasteiger charge is 2.13. The number of rotatable bonds is 5. The van der Waals surface area contributed by atoms with E-state index in [1.165, 1.54) is 6.07 Å². The second kappa shape index (κ2) is 6.21. The van der Waals surface area contributed by atoms with Gasteiger partial charge in [-0.1, -0.05) is 37.8 Å². The monoisotopic (exact) mass is 244 g/mol. The maximum absolute atomic E-state index is 13.2. The molecule has 1 atom stereocenters. The fraction of sp³-hybridized carbons (Fsp3) is 0.538. The van der Waals surface area contributed by atoms with Gasteiger partial charge in [0.05, 0.1) is 6.10 Å². The van der Waals surface area contributed by atoms with Crippen LogP contribution >= 0.6 is 11.6 Å². The van der Waals surface area contributed by atoms with Crippen molar-refractivity contribution in [3.63, 3.8) is 0 Å². The molecule has 0 fully saturated rings. The van der Waals surface area contributed by atoms with E-state index in [1.807, 2.05) is 0 Å². The van der Waals surface area contributed by atoms with Gasteiger partial charge in [0.25, 0.3) is 0 Å². The molecule has 1 nitrogen and oxygen atoms in total. The molecule has 0 spiro atoms. The number of aliphatic hydroxyl groups excluding tert-OH is 1. The van der Waals surface area contributed by atoms with Crippen LogP contribution in [0.25, 0.3) is 0 Å². The molecule has 0 aliphatic rings. The predicted molar refractivity (Wildman–Crippen MR) is 65.2 cm³/mol. The van der Waals surface area contributed by atoms with E-state index in [9.17, 15) is 9.50 Å². The van der Waals surface area contributed by atoms with Crippen LogP contribution < -0.4 is 0 Å². The number of hydrogen-bond donors (Lipinski definition) is 1. The Labute approximate surface area is 101 Å². The van der Waals surface area contributed by atoms with Crippen LogP contribution in [0.5, 0.6) is 0 Å². The van der Waals surface area contributed by atoms with Gasteiger partial charge in [0, 0.05) is 5.02 Å². The molecule has 3 heteroatoms. The Kier molecular flexibility index (Phi) is 5.23. The third kappa shape index (κ3) is 3.46. The molecule has 0 bridgehead atoms. The molecule has 90 valence electrons. The average Bonchev–Trinajstić information content (AvgIpc) is 2.23. The first-order chi connectivity index (χ1) is 7.56. The van der Waals surface area contributed by atoms with E-state index in [4.69, 9.17) is 11.6 Å². The molecule has 0 saturated heterocycles. The smallest absolute Gasteiger partial charge is 0.127 e. The van der Waals surface area contributed by atoms with Crippen molar-refractivity contribution in [3.05, 3.63) is 34.1 Å². The topological polar surface area (TPSA) is 20.2 Å². The molecule has 1 aromatic rings.